The van der Waals surface area contributed by atoms with Crippen LogP contribution in [-0.2, 0) is 11.0 Å². The Kier molecular flexibility index (Phi) is 6.47. The molecule has 0 fully saturated rings. The topological polar surface area (TPSA) is 93.5 Å². The summed E-state index contributed by atoms with van der Waals surface area (Å²) >= 11 is 5.83. The van der Waals surface area contributed by atoms with Crippen molar-refractivity contribution in [3.63, 3.8) is 0 Å². The van der Waals surface area contributed by atoms with E-state index in [9.17, 15) is 28.1 Å². The summed E-state index contributed by atoms with van der Waals surface area (Å²) in [5, 5.41) is 10.8. The van der Waals surface area contributed by atoms with Crippen LogP contribution in [0.1, 0.15) is 12.5 Å². The maximum absolute atomic E-state index is 12.7. The zero-order chi connectivity index (χ0) is 20.9. The van der Waals surface area contributed by atoms with Gasteiger partial charge in [-0.3, -0.25) is 25.8 Å². The molecule has 0 aliphatic carbocycles. The molecule has 0 saturated heterocycles. The van der Waals surface area contributed by atoms with Gasteiger partial charge in [0.1, 0.15) is 17.2 Å². The number of nitrogens with one attached hydrogen (secondary N) is 2. The number of anilines is 1. The van der Waals surface area contributed by atoms with Crippen molar-refractivity contribution >= 4 is 28.9 Å². The molecule has 1 amide bonds. The third kappa shape index (κ3) is 5.36. The van der Waals surface area contributed by atoms with E-state index in [1.54, 1.807) is 6.92 Å². The number of allylic oxidation sites excluding steroid dienone is 1. The number of amides is 1. The number of rotatable bonds is 6. The molecule has 11 heteroatoms. The summed E-state index contributed by atoms with van der Waals surface area (Å²) in [6.45, 7) is 1.62. The molecule has 0 spiro atoms. The van der Waals surface area contributed by atoms with Gasteiger partial charge >= 0.3 is 6.18 Å². The maximum Gasteiger partial charge on any atom is 0.416 e. The van der Waals surface area contributed by atoms with Crippen molar-refractivity contribution in [1.82, 2.24) is 5.43 Å². The Morgan fingerprint density at radius 2 is 1.96 bits per heavy atom. The second-order valence-electron chi connectivity index (χ2n) is 5.30. The third-order valence-electron chi connectivity index (χ3n) is 3.29. The minimum absolute atomic E-state index is 0.0510. The second-order valence-corrected chi connectivity index (χ2v) is 5.70. The molecule has 7 nitrogen and oxygen atoms in total. The van der Waals surface area contributed by atoms with Crippen LogP contribution >= 0.6 is 11.6 Å². The molecule has 0 aliphatic rings. The van der Waals surface area contributed by atoms with E-state index in [4.69, 9.17) is 16.3 Å². The number of nitro groups is 1. The molecule has 28 heavy (non-hydrogen) atoms. The van der Waals surface area contributed by atoms with Gasteiger partial charge in [0.15, 0.2) is 0 Å². The Labute approximate surface area is 161 Å². The lowest BCUT2D eigenvalue weighted by molar-refractivity contribution is -0.384. The maximum atomic E-state index is 12.7. The monoisotopic (exact) mass is 415 g/mol. The molecule has 0 aliphatic heterocycles. The van der Waals surface area contributed by atoms with Crippen molar-refractivity contribution in [1.29, 1.82) is 0 Å². The van der Waals surface area contributed by atoms with Crippen LogP contribution < -0.4 is 15.6 Å². The van der Waals surface area contributed by atoms with Crippen LogP contribution in [0.5, 0.6) is 11.5 Å². The molecule has 0 aromatic heterocycles. The number of benzene rings is 2. The molecule has 2 N–H and O–H groups in total. The van der Waals surface area contributed by atoms with Crippen LogP contribution in [0.4, 0.5) is 24.5 Å². The fourth-order valence-corrected chi connectivity index (χ4v) is 2.27. The summed E-state index contributed by atoms with van der Waals surface area (Å²) in [6.07, 6.45) is -1.89. The molecule has 0 saturated carbocycles. The number of halogens is 4. The summed E-state index contributed by atoms with van der Waals surface area (Å²) in [4.78, 5) is 21.9. The minimum atomic E-state index is -4.56. The molecule has 0 bridgehead atoms. The first-order chi connectivity index (χ1) is 13.1. The summed E-state index contributed by atoms with van der Waals surface area (Å²) in [5.41, 5.74) is 3.24. The first-order valence-electron chi connectivity index (χ1n) is 7.63. The van der Waals surface area contributed by atoms with E-state index in [0.717, 1.165) is 18.2 Å². The van der Waals surface area contributed by atoms with Gasteiger partial charge in [-0.05, 0) is 31.2 Å². The van der Waals surface area contributed by atoms with Gasteiger partial charge in [-0.1, -0.05) is 17.7 Å². The van der Waals surface area contributed by atoms with Gasteiger partial charge in [0.25, 0.3) is 11.6 Å². The predicted molar refractivity (Wildman–Crippen MR) is 96.2 cm³/mol. The quantitative estimate of drug-likeness (QED) is 0.390. The van der Waals surface area contributed by atoms with Crippen molar-refractivity contribution in [2.24, 2.45) is 0 Å². The number of nitrogens with zero attached hydrogens (tertiary/aromatic N) is 1. The molecular weight excluding hydrogens is 403 g/mol. The average Bonchev–Trinajstić information content (AvgIpc) is 2.61. The Morgan fingerprint density at radius 3 is 2.54 bits per heavy atom. The Balaban J connectivity index is 2.28. The normalized spacial score (nSPS) is 11.3. The van der Waals surface area contributed by atoms with E-state index in [-0.39, 0.29) is 27.9 Å². The lowest BCUT2D eigenvalue weighted by Crippen LogP contribution is -2.27. The molecule has 2 aromatic carbocycles. The van der Waals surface area contributed by atoms with Crippen LogP contribution in [0.15, 0.2) is 48.6 Å². The molecule has 148 valence electrons. The van der Waals surface area contributed by atoms with Crippen LogP contribution in [0.3, 0.4) is 0 Å². The standard InChI is InChI=1S/C17H13ClF3N3O4/c1-2-3-16(25)23-22-13-9-11(5-6-14(13)24(26)27)28-15-7-4-10(8-12(15)18)17(19,20)21/h2-9,22H,1H3,(H,23,25). The Hall–Kier alpha value is -3.27. The third-order valence-corrected chi connectivity index (χ3v) is 3.59. The summed E-state index contributed by atoms with van der Waals surface area (Å²) in [5.74, 6) is -0.573. The molecule has 0 heterocycles. The Bertz CT molecular complexity index is 932. The highest BCUT2D eigenvalue weighted by atomic mass is 35.5. The van der Waals surface area contributed by atoms with Crippen molar-refractivity contribution in [2.75, 3.05) is 5.43 Å². The summed E-state index contributed by atoms with van der Waals surface area (Å²) in [7, 11) is 0. The molecule has 0 atom stereocenters. The number of ether oxygens (including phenoxy) is 1. The van der Waals surface area contributed by atoms with E-state index in [1.807, 2.05) is 0 Å². The molecule has 0 unspecified atom stereocenters. The van der Waals surface area contributed by atoms with Gasteiger partial charge in [-0.15, -0.1) is 0 Å². The summed E-state index contributed by atoms with van der Waals surface area (Å²) in [6, 6.07) is 6.08. The predicted octanol–water partition coefficient (Wildman–Crippen LogP) is 5.08. The van der Waals surface area contributed by atoms with E-state index in [2.05, 4.69) is 10.9 Å². The fraction of sp³-hybridized carbons (Fsp3) is 0.118. The molecular formula is C17H13ClF3N3O4. The number of hydrogen-bond acceptors (Lipinski definition) is 5. The highest BCUT2D eigenvalue weighted by molar-refractivity contribution is 6.32. The number of alkyl halides is 3. The summed E-state index contributed by atoms with van der Waals surface area (Å²) < 4.78 is 43.5. The lowest BCUT2D eigenvalue weighted by Gasteiger charge is -2.13. The van der Waals surface area contributed by atoms with Gasteiger partial charge < -0.3 is 4.74 Å². The number of carbonyl (C=O) groups is 1. The second kappa shape index (κ2) is 8.61. The smallest absolute Gasteiger partial charge is 0.416 e. The van der Waals surface area contributed by atoms with E-state index >= 15 is 0 Å². The largest absolute Gasteiger partial charge is 0.456 e. The van der Waals surface area contributed by atoms with Gasteiger partial charge in [0, 0.05) is 18.2 Å². The molecule has 0 radical (unpaired) electrons. The number of hydrazine groups is 1. The van der Waals surface area contributed by atoms with Crippen LogP contribution in [0, 0.1) is 10.1 Å². The first kappa shape index (κ1) is 21.0. The van der Waals surface area contributed by atoms with E-state index in [0.29, 0.717) is 6.07 Å². The number of hydrogen-bond donors (Lipinski definition) is 2. The van der Waals surface area contributed by atoms with Crippen molar-refractivity contribution in [2.45, 2.75) is 13.1 Å². The lowest BCUT2D eigenvalue weighted by atomic mass is 10.2. The highest BCUT2D eigenvalue weighted by Gasteiger charge is 2.31. The van der Waals surface area contributed by atoms with Gasteiger partial charge in [0.05, 0.1) is 15.5 Å². The van der Waals surface area contributed by atoms with E-state index < -0.39 is 22.6 Å². The number of nitro benzene ring substituents is 1. The van der Waals surface area contributed by atoms with Crippen molar-refractivity contribution < 1.29 is 27.6 Å². The SMILES string of the molecule is CC=CC(=O)NNc1cc(Oc2ccc(C(F)(F)F)cc2Cl)ccc1[N+](=O)[O-]. The zero-order valence-corrected chi connectivity index (χ0v) is 15.0. The van der Waals surface area contributed by atoms with Gasteiger partial charge in [-0.2, -0.15) is 13.2 Å². The van der Waals surface area contributed by atoms with Crippen LogP contribution in [0.25, 0.3) is 0 Å². The number of carbonyl (C=O) groups excluding carboxylic acids is 1. The first-order valence-corrected chi connectivity index (χ1v) is 8.01. The molecule has 2 aromatic rings. The van der Waals surface area contributed by atoms with Crippen molar-refractivity contribution in [3.05, 3.63) is 69.3 Å². The fourth-order valence-electron chi connectivity index (χ4n) is 2.05. The minimum Gasteiger partial charge on any atom is -0.456 e. The van der Waals surface area contributed by atoms with Gasteiger partial charge in [0.2, 0.25) is 0 Å². The van der Waals surface area contributed by atoms with E-state index in [1.165, 1.54) is 24.3 Å². The van der Waals surface area contributed by atoms with Crippen LogP contribution in [0.2, 0.25) is 5.02 Å². The average molecular weight is 416 g/mol. The van der Waals surface area contributed by atoms with Gasteiger partial charge in [-0.25, -0.2) is 0 Å². The van der Waals surface area contributed by atoms with Crippen LogP contribution in [-0.4, -0.2) is 10.8 Å². The zero-order valence-electron chi connectivity index (χ0n) is 14.2. The van der Waals surface area contributed by atoms with Crippen molar-refractivity contribution in [3.8, 4) is 11.5 Å². The Morgan fingerprint density at radius 1 is 1.25 bits per heavy atom. The molecule has 2 rings (SSSR count). The highest BCUT2D eigenvalue weighted by Crippen LogP contribution is 2.37.